The normalized spacial score (nSPS) is 18.6. The summed E-state index contributed by atoms with van der Waals surface area (Å²) in [5.74, 6) is -4.54. The Hall–Kier alpha value is -9.11. The van der Waals surface area contributed by atoms with Crippen LogP contribution in [0.4, 0.5) is 10.1 Å². The lowest BCUT2D eigenvalue weighted by Crippen LogP contribution is -2.56. The number of hydrogen-bond donors (Lipinski definition) is 8. The Bertz CT molecular complexity index is 4220. The van der Waals surface area contributed by atoms with E-state index in [2.05, 4.69) is 43.1 Å². The van der Waals surface area contributed by atoms with Crippen molar-refractivity contribution in [3.63, 3.8) is 0 Å². The summed E-state index contributed by atoms with van der Waals surface area (Å²) in [6, 6.07) is 16.0. The SMILES string of the molecule is CC[C@@]1(O)C(=O)OCc2c1cc1n(c2=O)Cc2c-1nc1cc(F)c(C)c3c1c2[C@@H](NC(=O)CNC(=O)[C@H](CCCCN)NC(=O)[C@@H](NC(=O)CCC(C)(C)OCCC(C)(C)C(=O)N1CCC(C(=O)NCCC(=O)N2Cc4ccccc4C4=C(NN(C)N4C)c4ccccc42)CC1)C(C)C)CC3. The Balaban J connectivity index is 0.632. The molecular weight excluding hydrogens is 1290 g/mol. The number of hydrogen-bond acceptors (Lipinski definition) is 17. The van der Waals surface area contributed by atoms with E-state index in [0.29, 0.717) is 110 Å². The summed E-state index contributed by atoms with van der Waals surface area (Å²) in [6.45, 7) is 15.4. The highest BCUT2D eigenvalue weighted by atomic mass is 19.1. The molecule has 0 saturated carbocycles. The molecule has 6 aliphatic rings. The number of rotatable bonds is 25. The minimum atomic E-state index is -2.07. The largest absolute Gasteiger partial charge is 0.458 e. The summed E-state index contributed by atoms with van der Waals surface area (Å²) < 4.78 is 28.7. The number of halogens is 1. The molecule has 25 nitrogen and oxygen atoms in total. The van der Waals surface area contributed by atoms with Gasteiger partial charge in [0.1, 0.15) is 24.5 Å². The molecular formula is C75H96FN13O12. The van der Waals surface area contributed by atoms with Gasteiger partial charge in [-0.2, -0.15) is 0 Å². The van der Waals surface area contributed by atoms with Crippen molar-refractivity contribution in [1.82, 2.24) is 56.6 Å². The van der Waals surface area contributed by atoms with E-state index in [1.807, 2.05) is 89.4 Å². The van der Waals surface area contributed by atoms with Gasteiger partial charge in [-0.15, -0.1) is 5.12 Å². The lowest BCUT2D eigenvalue weighted by Gasteiger charge is -2.37. The minimum Gasteiger partial charge on any atom is -0.458 e. The first-order valence-corrected chi connectivity index (χ1v) is 35.4. The van der Waals surface area contributed by atoms with E-state index >= 15 is 4.39 Å². The molecule has 1 saturated heterocycles. The van der Waals surface area contributed by atoms with E-state index in [1.54, 1.807) is 43.6 Å². The molecule has 0 radical (unpaired) electrons. The van der Waals surface area contributed by atoms with Crippen molar-refractivity contribution in [2.45, 2.75) is 181 Å². The van der Waals surface area contributed by atoms with E-state index < -0.39 is 88.2 Å². The number of unbranched alkanes of at least 4 members (excludes halogenated alkanes) is 1. The molecule has 540 valence electrons. The number of cyclic esters (lactones) is 1. The number of pyridine rings is 2. The van der Waals surface area contributed by atoms with Gasteiger partial charge in [-0.3, -0.25) is 48.8 Å². The molecule has 5 aromatic rings. The molecule has 4 atom stereocenters. The van der Waals surface area contributed by atoms with Gasteiger partial charge < -0.3 is 61.3 Å². The molecule has 5 aliphatic heterocycles. The summed E-state index contributed by atoms with van der Waals surface area (Å²) in [4.78, 5) is 133. The van der Waals surface area contributed by atoms with Crippen LogP contribution in [-0.4, -0.2) is 148 Å². The second-order valence-corrected chi connectivity index (χ2v) is 29.2. The van der Waals surface area contributed by atoms with Gasteiger partial charge in [0.2, 0.25) is 41.4 Å². The van der Waals surface area contributed by atoms with Crippen LogP contribution in [0.1, 0.15) is 175 Å². The van der Waals surface area contributed by atoms with Crippen LogP contribution in [0.5, 0.6) is 0 Å². The highest BCUT2D eigenvalue weighted by Crippen LogP contribution is 2.47. The number of ether oxygens (including phenoxy) is 2. The van der Waals surface area contributed by atoms with E-state index in [4.69, 9.17) is 20.2 Å². The van der Waals surface area contributed by atoms with Gasteiger partial charge >= 0.3 is 5.97 Å². The van der Waals surface area contributed by atoms with Crippen molar-refractivity contribution in [3.8, 4) is 11.4 Å². The number of benzene rings is 3. The maximum Gasteiger partial charge on any atom is 0.343 e. The maximum atomic E-state index is 15.6. The zero-order valence-corrected chi connectivity index (χ0v) is 59.6. The number of nitrogens with one attached hydrogen (secondary N) is 6. The molecule has 2 aromatic heterocycles. The monoisotopic (exact) mass is 1390 g/mol. The van der Waals surface area contributed by atoms with Crippen molar-refractivity contribution in [3.05, 3.63) is 127 Å². The summed E-state index contributed by atoms with van der Waals surface area (Å²) >= 11 is 0. The van der Waals surface area contributed by atoms with E-state index in [0.717, 1.165) is 39.3 Å². The summed E-state index contributed by atoms with van der Waals surface area (Å²) in [7, 11) is 3.94. The third-order valence-electron chi connectivity index (χ3n) is 21.2. The van der Waals surface area contributed by atoms with Crippen LogP contribution >= 0.6 is 0 Å². The van der Waals surface area contributed by atoms with Crippen LogP contribution < -0.4 is 48.2 Å². The van der Waals surface area contributed by atoms with Gasteiger partial charge in [0.25, 0.3) is 5.56 Å². The molecule has 9 N–H and O–H groups in total. The first kappa shape index (κ1) is 73.1. The van der Waals surface area contributed by atoms with Crippen LogP contribution in [0.25, 0.3) is 33.7 Å². The molecule has 1 fully saturated rings. The van der Waals surface area contributed by atoms with Gasteiger partial charge in [0, 0.05) is 98.2 Å². The molecule has 3 aromatic carbocycles. The second kappa shape index (κ2) is 29.8. The Morgan fingerprint density at radius 3 is 2.32 bits per heavy atom. The number of nitrogens with zero attached hydrogens (tertiary/aromatic N) is 6. The second-order valence-electron chi connectivity index (χ2n) is 29.2. The zero-order valence-electron chi connectivity index (χ0n) is 59.6. The smallest absolute Gasteiger partial charge is 0.343 e. The molecule has 0 bridgehead atoms. The number of aromatic nitrogens is 2. The number of aryl methyl sites for hydroxylation is 1. The highest BCUT2D eigenvalue weighted by Gasteiger charge is 2.47. The third-order valence-corrected chi connectivity index (χ3v) is 21.2. The fraction of sp³-hybridized carbons (Fsp3) is 0.520. The van der Waals surface area contributed by atoms with Crippen LogP contribution in [0, 0.1) is 30.0 Å². The Morgan fingerprint density at radius 1 is 0.871 bits per heavy atom. The van der Waals surface area contributed by atoms with Crippen molar-refractivity contribution in [2.75, 3.05) is 58.3 Å². The summed E-state index contributed by atoms with van der Waals surface area (Å²) in [6.07, 6.45) is 3.61. The fourth-order valence-electron chi connectivity index (χ4n) is 14.9. The molecule has 1 aliphatic carbocycles. The van der Waals surface area contributed by atoms with E-state index in [1.165, 1.54) is 10.6 Å². The Labute approximate surface area is 587 Å². The lowest BCUT2D eigenvalue weighted by atomic mass is 9.81. The van der Waals surface area contributed by atoms with Crippen molar-refractivity contribution < 1.29 is 57.3 Å². The van der Waals surface area contributed by atoms with Crippen LogP contribution in [-0.2, 0) is 79.5 Å². The highest BCUT2D eigenvalue weighted by molar-refractivity contribution is 6.02. The van der Waals surface area contributed by atoms with Crippen LogP contribution in [0.15, 0.2) is 65.5 Å². The van der Waals surface area contributed by atoms with Crippen molar-refractivity contribution in [1.29, 1.82) is 0 Å². The zero-order chi connectivity index (χ0) is 72.6. The average Bonchev–Trinajstić information content (AvgIpc) is 1.60. The summed E-state index contributed by atoms with van der Waals surface area (Å²) in [5.41, 5.74) is 14.4. The molecule has 11 rings (SSSR count). The standard InChI is InChI=1S/C75H96FN13O12/c1-11-75(99)51-36-57-64-49(40-89(57)70(96)50(51)41-100-72(75)98)62-53(24-23-46-43(4)52(76)37-55(81-64)61(46)62)80-59(91)38-79-68(94)54(21-16-17-31-77)82-69(95)63(42(2)3)83-58(90)25-29-74(7,8)101-35-30-73(5,6)71(97)87-33-27-44(28-34-87)67(93)78-32-26-60(92)88-39-45-18-12-13-19-47(45)66-65(84-86(10)85(66)9)48-20-14-15-22-56(48)88/h12-15,18-20,22,36-37,42,44,53-54,63,84,99H,11,16-17,21,23-35,38-41,77H2,1-10H3,(H,78,93)(H,79,94)(H,80,91)(H,82,95)(H,83,90)/t53-,54-,63-,75-/m0/s1. The predicted octanol–water partition coefficient (Wildman–Crippen LogP) is 5.91. The number of esters is 1. The Kier molecular flexibility index (Phi) is 21.6. The lowest BCUT2D eigenvalue weighted by molar-refractivity contribution is -0.172. The molecule has 0 spiro atoms. The number of aliphatic hydroxyl groups is 1. The molecule has 0 unspecified atom stereocenters. The number of amides is 7. The maximum absolute atomic E-state index is 15.6. The van der Waals surface area contributed by atoms with E-state index in [9.17, 15) is 48.3 Å². The van der Waals surface area contributed by atoms with Crippen LogP contribution in [0.3, 0.4) is 0 Å². The Morgan fingerprint density at radius 2 is 1.59 bits per heavy atom. The molecule has 26 heteroatoms. The van der Waals surface area contributed by atoms with Gasteiger partial charge in [-0.25, -0.2) is 14.2 Å². The number of anilines is 1. The van der Waals surface area contributed by atoms with Crippen molar-refractivity contribution in [2.24, 2.45) is 23.0 Å². The minimum absolute atomic E-state index is 0.000802. The van der Waals surface area contributed by atoms with Gasteiger partial charge in [-0.05, 0) is 132 Å². The van der Waals surface area contributed by atoms with Gasteiger partial charge in [0.15, 0.2) is 5.60 Å². The number of likely N-dealkylation sites (tertiary alicyclic amines) is 1. The number of fused-ring (bicyclic) bond motifs is 9. The molecule has 7 heterocycles. The number of para-hydroxylation sites is 1. The quantitative estimate of drug-likeness (QED) is 0.0244. The van der Waals surface area contributed by atoms with Crippen molar-refractivity contribution >= 4 is 75.3 Å². The summed E-state index contributed by atoms with van der Waals surface area (Å²) in [5, 5.41) is 30.6. The third kappa shape index (κ3) is 14.9. The molecule has 101 heavy (non-hydrogen) atoms. The van der Waals surface area contributed by atoms with Crippen LogP contribution in [0.2, 0.25) is 0 Å². The first-order chi connectivity index (χ1) is 48.1. The number of piperidine rings is 1. The average molecular weight is 1390 g/mol. The first-order valence-electron chi connectivity index (χ1n) is 35.4. The topological polar surface area (TPSA) is 321 Å². The number of nitrogens with two attached hydrogens (primary N) is 1. The number of carbonyl (C=O) groups excluding carboxylic acids is 8. The number of carbonyl (C=O) groups is 8. The fourth-order valence-corrected chi connectivity index (χ4v) is 14.9. The van der Waals surface area contributed by atoms with Gasteiger partial charge in [0.05, 0.1) is 70.8 Å². The predicted molar refractivity (Wildman–Crippen MR) is 377 cm³/mol. The molecule has 7 amide bonds. The van der Waals surface area contributed by atoms with E-state index in [-0.39, 0.29) is 93.2 Å². The number of hydrazine groups is 2. The van der Waals surface area contributed by atoms with Gasteiger partial charge in [-0.1, -0.05) is 77.1 Å².